The third-order valence-corrected chi connectivity index (χ3v) is 8.71. The van der Waals surface area contributed by atoms with Crippen molar-refractivity contribution in [3.05, 3.63) is 114 Å². The number of aromatic carboxylic acids is 1. The van der Waals surface area contributed by atoms with E-state index in [4.69, 9.17) is 0 Å². The minimum atomic E-state index is -1.05. The number of rotatable bonds is 9. The van der Waals surface area contributed by atoms with E-state index < -0.39 is 24.2 Å². The number of aromatic hydroxyl groups is 1. The highest BCUT2D eigenvalue weighted by Crippen LogP contribution is 2.31. The Morgan fingerprint density at radius 3 is 2.45 bits per heavy atom. The number of aryl methyl sites for hydroxylation is 1. The molecule has 0 spiro atoms. The van der Waals surface area contributed by atoms with Gasteiger partial charge in [0, 0.05) is 44.7 Å². The van der Waals surface area contributed by atoms with Gasteiger partial charge in [0.05, 0.1) is 24.2 Å². The first kappa shape index (κ1) is 31.4. The topological polar surface area (TPSA) is 139 Å². The number of carbonyl (C=O) groups excluding carboxylic acids is 3. The first-order valence-electron chi connectivity index (χ1n) is 15.3. The Kier molecular flexibility index (Phi) is 8.68. The fourth-order valence-electron chi connectivity index (χ4n) is 6.61. The van der Waals surface area contributed by atoms with Gasteiger partial charge in [-0.25, -0.2) is 19.6 Å². The lowest BCUT2D eigenvalue weighted by Crippen LogP contribution is -2.76. The van der Waals surface area contributed by atoms with Crippen molar-refractivity contribution in [1.82, 2.24) is 29.7 Å². The smallest absolute Gasteiger partial charge is 0.337 e. The number of phenolic OH excluding ortho intramolecular Hbond substituents is 1. The number of carbonyl (C=O) groups is 4. The minimum absolute atomic E-state index is 0.0235. The van der Waals surface area contributed by atoms with Crippen LogP contribution in [0.3, 0.4) is 0 Å². The molecule has 0 radical (unpaired) electrons. The molecule has 2 saturated heterocycles. The molecule has 3 heterocycles. The molecule has 2 fully saturated rings. The van der Waals surface area contributed by atoms with Crippen molar-refractivity contribution in [3.63, 3.8) is 0 Å². The number of para-hydroxylation sites is 1. The zero-order valence-electron chi connectivity index (χ0n) is 26.0. The highest BCUT2D eigenvalue weighted by molar-refractivity contribution is 6.04. The van der Waals surface area contributed by atoms with E-state index in [1.54, 1.807) is 58.1 Å². The summed E-state index contributed by atoms with van der Waals surface area (Å²) in [5.41, 5.74) is 3.21. The number of carboxylic acid groups (broad SMARTS) is 1. The largest absolute Gasteiger partial charge is 0.508 e. The van der Waals surface area contributed by atoms with Crippen molar-refractivity contribution in [2.75, 3.05) is 19.6 Å². The van der Waals surface area contributed by atoms with Gasteiger partial charge in [-0.1, -0.05) is 66.7 Å². The van der Waals surface area contributed by atoms with Crippen LogP contribution in [0.25, 0.3) is 10.9 Å². The van der Waals surface area contributed by atoms with Crippen molar-refractivity contribution < 1.29 is 29.4 Å². The number of benzene rings is 3. The van der Waals surface area contributed by atoms with E-state index in [0.717, 1.165) is 16.7 Å². The third-order valence-electron chi connectivity index (χ3n) is 8.71. The maximum absolute atomic E-state index is 14.4. The molecule has 12 heteroatoms. The zero-order chi connectivity index (χ0) is 33.2. The van der Waals surface area contributed by atoms with Crippen LogP contribution >= 0.6 is 0 Å². The van der Waals surface area contributed by atoms with E-state index in [1.807, 2.05) is 36.4 Å². The molecular formula is C35H36N6O6. The number of hydrogen-bond acceptors (Lipinski definition) is 6. The lowest BCUT2D eigenvalue weighted by Gasteiger charge is -2.55. The van der Waals surface area contributed by atoms with Gasteiger partial charge in [-0.3, -0.25) is 9.59 Å². The zero-order valence-corrected chi connectivity index (χ0v) is 26.0. The molecule has 4 amide bonds. The maximum atomic E-state index is 14.4. The van der Waals surface area contributed by atoms with Crippen LogP contribution in [0, 0.1) is 0 Å². The predicted octanol–water partition coefficient (Wildman–Crippen LogP) is 3.32. The van der Waals surface area contributed by atoms with E-state index >= 15 is 0 Å². The van der Waals surface area contributed by atoms with Gasteiger partial charge in [-0.2, -0.15) is 0 Å². The number of aromatic nitrogens is 1. The summed E-state index contributed by atoms with van der Waals surface area (Å²) in [6.07, 6.45) is 2.50. The fourth-order valence-corrected chi connectivity index (χ4v) is 6.61. The number of urea groups is 1. The number of nitrogens with one attached hydrogen (secondary N) is 1. The summed E-state index contributed by atoms with van der Waals surface area (Å²) < 4.78 is 1.74. The minimum Gasteiger partial charge on any atom is -0.508 e. The monoisotopic (exact) mass is 636 g/mol. The van der Waals surface area contributed by atoms with Crippen molar-refractivity contribution in [2.45, 2.75) is 31.7 Å². The van der Waals surface area contributed by atoms with Gasteiger partial charge in [-0.15, -0.1) is 6.58 Å². The first-order chi connectivity index (χ1) is 22.7. The summed E-state index contributed by atoms with van der Waals surface area (Å²) in [5, 5.41) is 26.3. The van der Waals surface area contributed by atoms with Gasteiger partial charge in [0.2, 0.25) is 11.8 Å². The molecule has 0 aliphatic carbocycles. The molecule has 2 aliphatic rings. The van der Waals surface area contributed by atoms with Crippen LogP contribution in [-0.2, 0) is 36.1 Å². The van der Waals surface area contributed by atoms with Gasteiger partial charge in [0.15, 0.2) is 0 Å². The number of amides is 4. The summed E-state index contributed by atoms with van der Waals surface area (Å²) in [5.74, 6) is -1.56. The predicted molar refractivity (Wildman–Crippen MR) is 174 cm³/mol. The number of hydrogen-bond donors (Lipinski definition) is 3. The van der Waals surface area contributed by atoms with E-state index in [-0.39, 0.29) is 62.3 Å². The van der Waals surface area contributed by atoms with E-state index in [2.05, 4.69) is 11.9 Å². The third kappa shape index (κ3) is 6.15. The van der Waals surface area contributed by atoms with Crippen LogP contribution in [-0.4, -0.2) is 90.3 Å². The van der Waals surface area contributed by atoms with Crippen molar-refractivity contribution >= 4 is 34.7 Å². The second-order valence-electron chi connectivity index (χ2n) is 11.8. The normalized spacial score (nSPS) is 18.4. The van der Waals surface area contributed by atoms with Crippen LogP contribution in [0.5, 0.6) is 5.75 Å². The summed E-state index contributed by atoms with van der Waals surface area (Å²) in [6, 6.07) is 19.9. The van der Waals surface area contributed by atoms with Crippen LogP contribution < -0.4 is 5.32 Å². The molecule has 4 aromatic rings. The van der Waals surface area contributed by atoms with E-state index in [9.17, 15) is 29.4 Å². The lowest BCUT2D eigenvalue weighted by molar-refractivity contribution is -0.189. The Hall–Kier alpha value is -5.62. The Morgan fingerprint density at radius 2 is 1.74 bits per heavy atom. The molecule has 0 bridgehead atoms. The average molecular weight is 637 g/mol. The summed E-state index contributed by atoms with van der Waals surface area (Å²) in [6.45, 7) is 4.34. The fraction of sp³-hybridized carbons (Fsp3) is 0.257. The summed E-state index contributed by atoms with van der Waals surface area (Å²) >= 11 is 0. The second kappa shape index (κ2) is 13.0. The van der Waals surface area contributed by atoms with Crippen LogP contribution in [0.4, 0.5) is 4.79 Å². The number of nitrogens with zero attached hydrogens (tertiary/aromatic N) is 5. The molecule has 0 saturated carbocycles. The SMILES string of the molecule is C=CCN1CC(=O)N2[C@@H](Cc3ccc(O)cc3)C(=O)N(Cc3cccc4c(C(=O)O)cn(C)c34)C[C@@H]2N1C(=O)NCc1ccccc1. The molecule has 3 N–H and O–H groups in total. The number of hydrazine groups is 1. The molecule has 47 heavy (non-hydrogen) atoms. The molecule has 12 nitrogen and oxygen atoms in total. The number of fused-ring (bicyclic) bond motifs is 2. The quantitative estimate of drug-likeness (QED) is 0.240. The highest BCUT2D eigenvalue weighted by atomic mass is 16.4. The van der Waals surface area contributed by atoms with Gasteiger partial charge in [0.1, 0.15) is 18.0 Å². The summed E-state index contributed by atoms with van der Waals surface area (Å²) in [4.78, 5) is 57.3. The number of phenols is 1. The second-order valence-corrected chi connectivity index (χ2v) is 11.8. The standard InChI is InChI=1S/C35H36N6O6/c1-3-16-39-22-31(43)40-29(17-23-12-14-26(42)15-13-23)33(44)38(19-25-10-7-11-27-28(34(45)46)20-37(2)32(25)27)21-30(40)41(39)35(47)36-18-24-8-5-4-6-9-24/h3-15,20,29-30,42H,1,16-19,21-22H2,2H3,(H,36,47)(H,45,46)/t29-,30-/m0/s1. The first-order valence-corrected chi connectivity index (χ1v) is 15.3. The molecule has 242 valence electrons. The molecule has 2 atom stereocenters. The van der Waals surface area contributed by atoms with Gasteiger partial charge in [0.25, 0.3) is 0 Å². The molecule has 1 aromatic heterocycles. The number of carboxylic acids is 1. The molecule has 0 unspecified atom stereocenters. The van der Waals surface area contributed by atoms with Gasteiger partial charge >= 0.3 is 12.0 Å². The Morgan fingerprint density at radius 1 is 1.00 bits per heavy atom. The Labute approximate surface area is 271 Å². The van der Waals surface area contributed by atoms with Crippen LogP contribution in [0.15, 0.2) is 91.6 Å². The average Bonchev–Trinajstić information content (AvgIpc) is 3.41. The molecule has 2 aliphatic heterocycles. The van der Waals surface area contributed by atoms with Crippen LogP contribution in [0.2, 0.25) is 0 Å². The maximum Gasteiger partial charge on any atom is 0.337 e. The molecular weight excluding hydrogens is 600 g/mol. The van der Waals surface area contributed by atoms with Gasteiger partial charge in [-0.05, 0) is 28.8 Å². The Balaban J connectivity index is 1.39. The van der Waals surface area contributed by atoms with Crippen molar-refractivity contribution in [3.8, 4) is 5.75 Å². The Bertz CT molecular complexity index is 1840. The number of piperazine rings is 1. The molecule has 3 aromatic carbocycles. The van der Waals surface area contributed by atoms with Crippen molar-refractivity contribution in [2.24, 2.45) is 7.05 Å². The van der Waals surface area contributed by atoms with Crippen LogP contribution in [0.1, 0.15) is 27.0 Å². The lowest BCUT2D eigenvalue weighted by atomic mass is 9.98. The molecule has 6 rings (SSSR count). The van der Waals surface area contributed by atoms with Gasteiger partial charge < -0.3 is 29.9 Å². The highest BCUT2D eigenvalue weighted by Gasteiger charge is 2.51. The van der Waals surface area contributed by atoms with E-state index in [1.165, 1.54) is 22.0 Å². The summed E-state index contributed by atoms with van der Waals surface area (Å²) in [7, 11) is 1.76. The van der Waals surface area contributed by atoms with Crippen molar-refractivity contribution in [1.29, 1.82) is 0 Å². The van der Waals surface area contributed by atoms with E-state index in [0.29, 0.717) is 10.9 Å².